The Morgan fingerprint density at radius 1 is 1.12 bits per heavy atom. The molecule has 7 heteroatoms. The van der Waals surface area contributed by atoms with Gasteiger partial charge in [-0.15, -0.1) is 0 Å². The van der Waals surface area contributed by atoms with Crippen molar-refractivity contribution in [1.29, 1.82) is 5.41 Å². The zero-order chi connectivity index (χ0) is 18.6. The molecule has 0 aliphatic rings. The van der Waals surface area contributed by atoms with E-state index in [2.05, 4.69) is 4.72 Å². The van der Waals surface area contributed by atoms with Crippen LogP contribution in [0.25, 0.3) is 6.08 Å². The Morgan fingerprint density at radius 2 is 1.76 bits per heavy atom. The second-order valence-electron chi connectivity index (χ2n) is 5.46. The van der Waals surface area contributed by atoms with Crippen LogP contribution in [0.3, 0.4) is 0 Å². The van der Waals surface area contributed by atoms with E-state index in [1.807, 2.05) is 19.9 Å². The van der Waals surface area contributed by atoms with Gasteiger partial charge in [0.1, 0.15) is 0 Å². The molecule has 4 nitrogen and oxygen atoms in total. The van der Waals surface area contributed by atoms with Crippen molar-refractivity contribution in [2.24, 2.45) is 0 Å². The summed E-state index contributed by atoms with van der Waals surface area (Å²) >= 11 is 11.8. The van der Waals surface area contributed by atoms with E-state index in [9.17, 15) is 8.42 Å². The van der Waals surface area contributed by atoms with Crippen molar-refractivity contribution in [3.05, 3.63) is 63.1 Å². The summed E-state index contributed by atoms with van der Waals surface area (Å²) in [4.78, 5) is 0.00390. The molecule has 132 valence electrons. The third kappa shape index (κ3) is 4.84. The second kappa shape index (κ2) is 8.04. The molecular weight excluding hydrogens is 379 g/mol. The number of benzene rings is 2. The first-order chi connectivity index (χ1) is 11.8. The van der Waals surface area contributed by atoms with Crippen molar-refractivity contribution >= 4 is 51.2 Å². The second-order valence-corrected chi connectivity index (χ2v) is 8.01. The first-order valence-electron chi connectivity index (χ1n) is 7.56. The monoisotopic (exact) mass is 396 g/mol. The van der Waals surface area contributed by atoms with Gasteiger partial charge in [0.25, 0.3) is 10.0 Å². The first-order valence-corrected chi connectivity index (χ1v) is 9.80. The van der Waals surface area contributed by atoms with E-state index in [1.165, 1.54) is 24.4 Å². The number of halogens is 2. The van der Waals surface area contributed by atoms with E-state index in [0.29, 0.717) is 12.1 Å². The van der Waals surface area contributed by atoms with Gasteiger partial charge in [-0.2, -0.15) is 0 Å². The third-order valence-electron chi connectivity index (χ3n) is 3.64. The topological polar surface area (TPSA) is 70.0 Å². The van der Waals surface area contributed by atoms with Crippen LogP contribution in [0, 0.1) is 12.3 Å². The molecular formula is C18H18Cl2N2O2S. The van der Waals surface area contributed by atoms with Crippen LogP contribution in [0.1, 0.15) is 23.6 Å². The molecule has 0 spiro atoms. The maximum atomic E-state index is 12.7. The zero-order valence-corrected chi connectivity index (χ0v) is 16.1. The molecule has 0 aliphatic heterocycles. The van der Waals surface area contributed by atoms with E-state index in [0.717, 1.165) is 16.7 Å². The largest absolute Gasteiger partial charge is 0.309 e. The summed E-state index contributed by atoms with van der Waals surface area (Å²) < 4.78 is 28.0. The lowest BCUT2D eigenvalue weighted by Gasteiger charge is -2.15. The highest BCUT2D eigenvalue weighted by atomic mass is 35.5. The average molecular weight is 397 g/mol. The molecule has 0 fully saturated rings. The molecule has 0 saturated carbocycles. The number of nitrogens with one attached hydrogen (secondary N) is 2. The molecule has 0 radical (unpaired) electrons. The van der Waals surface area contributed by atoms with Gasteiger partial charge >= 0.3 is 0 Å². The van der Waals surface area contributed by atoms with Crippen LogP contribution in [-0.4, -0.2) is 14.6 Å². The van der Waals surface area contributed by atoms with Crippen LogP contribution in [0.2, 0.25) is 10.0 Å². The minimum atomic E-state index is -3.83. The van der Waals surface area contributed by atoms with Crippen LogP contribution < -0.4 is 4.72 Å². The maximum Gasteiger partial charge on any atom is 0.262 e. The highest BCUT2D eigenvalue weighted by molar-refractivity contribution is 7.92. The predicted octanol–water partition coefficient (Wildman–Crippen LogP) is 5.33. The molecule has 0 amide bonds. The van der Waals surface area contributed by atoms with Gasteiger partial charge in [-0.05, 0) is 60.4 Å². The van der Waals surface area contributed by atoms with Crippen molar-refractivity contribution in [1.82, 2.24) is 0 Å². The van der Waals surface area contributed by atoms with E-state index in [1.54, 1.807) is 18.2 Å². The van der Waals surface area contributed by atoms with E-state index >= 15 is 0 Å². The van der Waals surface area contributed by atoms with Gasteiger partial charge in [0, 0.05) is 16.3 Å². The summed E-state index contributed by atoms with van der Waals surface area (Å²) in [5.74, 6) is 0. The molecule has 2 N–H and O–H groups in total. The van der Waals surface area contributed by atoms with Crippen LogP contribution in [-0.2, 0) is 16.4 Å². The van der Waals surface area contributed by atoms with Crippen LogP contribution in [0.4, 0.5) is 5.69 Å². The van der Waals surface area contributed by atoms with E-state index in [4.69, 9.17) is 28.6 Å². The maximum absolute atomic E-state index is 12.7. The minimum Gasteiger partial charge on any atom is -0.309 e. The number of anilines is 1. The number of allylic oxidation sites excluding steroid dienone is 1. The Labute approximate surface area is 158 Å². The standard InChI is InChI=1S/C18H18Cl2N2O2S/c1-3-13-7-12(2)14(5-4-6-21)8-18(13)22-25(23,24)17-10-15(19)9-16(20)11-17/h4-11,21-22H,3H2,1-2H3/b5-4-,21-6?. The highest BCUT2D eigenvalue weighted by Crippen LogP contribution is 2.28. The van der Waals surface area contributed by atoms with E-state index < -0.39 is 10.0 Å². The smallest absolute Gasteiger partial charge is 0.262 e. The van der Waals surface area contributed by atoms with E-state index in [-0.39, 0.29) is 14.9 Å². The number of sulfonamides is 1. The molecule has 2 aromatic carbocycles. The molecule has 2 rings (SSSR count). The Kier molecular flexibility index (Phi) is 6.27. The lowest BCUT2D eigenvalue weighted by molar-refractivity contribution is 0.601. The number of rotatable bonds is 6. The zero-order valence-electron chi connectivity index (χ0n) is 13.8. The molecule has 25 heavy (non-hydrogen) atoms. The van der Waals surface area contributed by atoms with Gasteiger partial charge in [0.05, 0.1) is 10.6 Å². The van der Waals surface area contributed by atoms with Gasteiger partial charge in [-0.3, -0.25) is 4.72 Å². The van der Waals surface area contributed by atoms with Gasteiger partial charge < -0.3 is 5.41 Å². The first kappa shape index (κ1) is 19.5. The van der Waals surface area contributed by atoms with Crippen molar-refractivity contribution < 1.29 is 8.42 Å². The van der Waals surface area contributed by atoms with Gasteiger partial charge in [0.15, 0.2) is 0 Å². The lowest BCUT2D eigenvalue weighted by atomic mass is 10.0. The summed E-state index contributed by atoms with van der Waals surface area (Å²) in [6.45, 7) is 3.90. The fourth-order valence-electron chi connectivity index (χ4n) is 2.39. The molecule has 0 unspecified atom stereocenters. The summed E-state index contributed by atoms with van der Waals surface area (Å²) in [6, 6.07) is 7.88. The van der Waals surface area contributed by atoms with Gasteiger partial charge in [0.2, 0.25) is 0 Å². The van der Waals surface area contributed by atoms with Crippen molar-refractivity contribution in [2.75, 3.05) is 4.72 Å². The Balaban J connectivity index is 2.50. The highest BCUT2D eigenvalue weighted by Gasteiger charge is 2.18. The predicted molar refractivity (Wildman–Crippen MR) is 106 cm³/mol. The molecule has 0 atom stereocenters. The summed E-state index contributed by atoms with van der Waals surface area (Å²) in [5.41, 5.74) is 3.21. The number of hydrogen-bond donors (Lipinski definition) is 2. The Bertz CT molecular complexity index is 918. The molecule has 0 bridgehead atoms. The summed E-state index contributed by atoms with van der Waals surface area (Å²) in [7, 11) is -3.83. The average Bonchev–Trinajstić information content (AvgIpc) is 2.53. The van der Waals surface area contributed by atoms with Gasteiger partial charge in [-0.1, -0.05) is 42.3 Å². The number of hydrogen-bond acceptors (Lipinski definition) is 3. The lowest BCUT2D eigenvalue weighted by Crippen LogP contribution is -2.14. The van der Waals surface area contributed by atoms with Crippen LogP contribution in [0.5, 0.6) is 0 Å². The SMILES string of the molecule is CCc1cc(C)c(/C=C\C=N)cc1NS(=O)(=O)c1cc(Cl)cc(Cl)c1. The molecule has 0 aromatic heterocycles. The van der Waals surface area contributed by atoms with Crippen molar-refractivity contribution in [3.8, 4) is 0 Å². The van der Waals surface area contributed by atoms with Gasteiger partial charge in [-0.25, -0.2) is 8.42 Å². The quantitative estimate of drug-likeness (QED) is 0.647. The molecule has 0 aliphatic carbocycles. The summed E-state index contributed by atoms with van der Waals surface area (Å²) in [6.07, 6.45) is 5.19. The third-order valence-corrected chi connectivity index (χ3v) is 5.42. The minimum absolute atomic E-state index is 0.00390. The Hall–Kier alpha value is -1.82. The fraction of sp³-hybridized carbons (Fsp3) is 0.167. The Morgan fingerprint density at radius 3 is 2.32 bits per heavy atom. The van der Waals surface area contributed by atoms with Crippen LogP contribution >= 0.6 is 23.2 Å². The van der Waals surface area contributed by atoms with Crippen LogP contribution in [0.15, 0.2) is 41.3 Å². The summed E-state index contributed by atoms with van der Waals surface area (Å²) in [5, 5.41) is 7.61. The number of aryl methyl sites for hydroxylation is 2. The molecule has 0 saturated heterocycles. The van der Waals surface area contributed by atoms with Crippen molar-refractivity contribution in [3.63, 3.8) is 0 Å². The normalized spacial score (nSPS) is 11.7. The fourth-order valence-corrected chi connectivity index (χ4v) is 4.21. The van der Waals surface area contributed by atoms with Crippen molar-refractivity contribution in [2.45, 2.75) is 25.2 Å². The molecule has 0 heterocycles. The molecule has 2 aromatic rings.